The Hall–Kier alpha value is -3.08. The number of carbonyl (C=O) groups excluding carboxylic acids is 3. The van der Waals surface area contributed by atoms with Crippen molar-refractivity contribution in [1.29, 1.82) is 0 Å². The number of aryl methyl sites for hydroxylation is 1. The molecular weight excluding hydrogens is 439 g/mol. The number of rotatable bonds is 4. The predicted octanol–water partition coefficient (Wildman–Crippen LogP) is 2.09. The van der Waals surface area contributed by atoms with Crippen LogP contribution in [-0.2, 0) is 14.4 Å². The topological polar surface area (TPSA) is 85.0 Å². The molecule has 8 nitrogen and oxygen atoms in total. The minimum Gasteiger partial charge on any atom is -0.332 e. The van der Waals surface area contributed by atoms with Gasteiger partial charge in [-0.3, -0.25) is 19.4 Å². The van der Waals surface area contributed by atoms with Crippen LogP contribution in [0.25, 0.3) is 0 Å². The van der Waals surface area contributed by atoms with E-state index in [0.29, 0.717) is 11.4 Å². The first-order chi connectivity index (χ1) is 15.4. The second-order valence-corrected chi connectivity index (χ2v) is 8.79. The van der Waals surface area contributed by atoms with Crippen molar-refractivity contribution in [3.8, 4) is 0 Å². The fraction of sp³-hybridized carbons (Fsp3) is 0.500. The van der Waals surface area contributed by atoms with E-state index in [2.05, 4.69) is 10.7 Å². The molecule has 11 heteroatoms. The van der Waals surface area contributed by atoms with Crippen LogP contribution in [0.5, 0.6) is 0 Å². The molecule has 2 N–H and O–H groups in total. The first-order valence-corrected chi connectivity index (χ1v) is 10.8. The third-order valence-electron chi connectivity index (χ3n) is 6.11. The molecule has 1 aromatic carbocycles. The molecule has 0 spiro atoms. The number of hydrogen-bond acceptors (Lipinski definition) is 5. The lowest BCUT2D eigenvalue weighted by molar-refractivity contribution is -0.160. The van der Waals surface area contributed by atoms with E-state index in [9.17, 15) is 27.6 Å². The van der Waals surface area contributed by atoms with Gasteiger partial charge >= 0.3 is 6.18 Å². The minimum absolute atomic E-state index is 0.0335. The maximum absolute atomic E-state index is 13.3. The maximum Gasteiger partial charge on any atom is 0.406 e. The summed E-state index contributed by atoms with van der Waals surface area (Å²) in [5.41, 5.74) is 5.99. The third-order valence-corrected chi connectivity index (χ3v) is 6.11. The number of hydrazine groups is 1. The summed E-state index contributed by atoms with van der Waals surface area (Å²) in [6.07, 6.45) is -2.58. The number of nitrogens with zero attached hydrogens (tertiary/aromatic N) is 3. The second-order valence-electron chi connectivity index (χ2n) is 8.79. The Morgan fingerprint density at radius 2 is 2.00 bits per heavy atom. The number of anilines is 1. The molecule has 3 heterocycles. The predicted molar refractivity (Wildman–Crippen MR) is 113 cm³/mol. The smallest absolute Gasteiger partial charge is 0.332 e. The van der Waals surface area contributed by atoms with Crippen LogP contribution >= 0.6 is 0 Å². The quantitative estimate of drug-likeness (QED) is 0.712. The maximum atomic E-state index is 13.3. The Morgan fingerprint density at radius 3 is 2.67 bits per heavy atom. The molecule has 2 fully saturated rings. The van der Waals surface area contributed by atoms with E-state index in [1.54, 1.807) is 11.1 Å². The van der Waals surface area contributed by atoms with Crippen LogP contribution in [-0.4, -0.2) is 70.4 Å². The van der Waals surface area contributed by atoms with Crippen LogP contribution in [0.2, 0.25) is 0 Å². The molecule has 4 rings (SSSR count). The lowest BCUT2D eigenvalue weighted by Gasteiger charge is -2.41. The van der Waals surface area contributed by atoms with E-state index < -0.39 is 36.6 Å². The van der Waals surface area contributed by atoms with Gasteiger partial charge < -0.3 is 15.1 Å². The summed E-state index contributed by atoms with van der Waals surface area (Å²) in [5, 5.41) is 4.54. The van der Waals surface area contributed by atoms with E-state index in [0.717, 1.165) is 16.0 Å². The number of halogens is 3. The summed E-state index contributed by atoms with van der Waals surface area (Å²) in [7, 11) is 0. The SMILES string of the molecule is CC(=O)Nc1cc(C)ccc1C1C=C2C(=O)N(C3CCN(CC(F)(F)F)C3=O)CC(C)N2N1. The number of nitrogens with one attached hydrogen (secondary N) is 2. The molecule has 3 aliphatic rings. The van der Waals surface area contributed by atoms with Crippen molar-refractivity contribution in [1.82, 2.24) is 20.2 Å². The molecule has 0 aromatic heterocycles. The average molecular weight is 465 g/mol. The standard InChI is InChI=1S/C22H26F3N5O3/c1-12-4-5-15(16(8-12)26-14(3)31)17-9-19-21(33)29(10-13(2)30(19)27-17)18-6-7-28(20(18)32)11-22(23,24)25/h4-5,8-9,13,17-18,27H,6-7,10-11H2,1-3H3,(H,26,31). The molecule has 33 heavy (non-hydrogen) atoms. The molecule has 3 amide bonds. The van der Waals surface area contributed by atoms with Crippen molar-refractivity contribution in [3.05, 3.63) is 41.1 Å². The van der Waals surface area contributed by atoms with Crippen molar-refractivity contribution in [2.24, 2.45) is 0 Å². The van der Waals surface area contributed by atoms with Gasteiger partial charge in [-0.05, 0) is 43.5 Å². The molecule has 1 aromatic rings. The summed E-state index contributed by atoms with van der Waals surface area (Å²) in [6.45, 7) is 4.06. The zero-order chi connectivity index (χ0) is 24.1. The fourth-order valence-electron chi connectivity index (χ4n) is 4.68. The van der Waals surface area contributed by atoms with Gasteiger partial charge in [0.15, 0.2) is 0 Å². The number of benzene rings is 1. The van der Waals surface area contributed by atoms with E-state index in [1.165, 1.54) is 11.8 Å². The molecule has 0 aliphatic carbocycles. The molecule has 178 valence electrons. The number of piperazine rings is 1. The Morgan fingerprint density at radius 1 is 1.27 bits per heavy atom. The number of amides is 3. The van der Waals surface area contributed by atoms with Gasteiger partial charge in [-0.1, -0.05) is 12.1 Å². The van der Waals surface area contributed by atoms with Crippen molar-refractivity contribution >= 4 is 23.4 Å². The van der Waals surface area contributed by atoms with Crippen LogP contribution in [0, 0.1) is 6.92 Å². The highest BCUT2D eigenvalue weighted by atomic mass is 19.4. The zero-order valence-corrected chi connectivity index (χ0v) is 18.6. The van der Waals surface area contributed by atoms with E-state index in [1.807, 2.05) is 32.0 Å². The zero-order valence-electron chi connectivity index (χ0n) is 18.6. The van der Waals surface area contributed by atoms with Gasteiger partial charge in [-0.2, -0.15) is 13.2 Å². The lowest BCUT2D eigenvalue weighted by Crippen LogP contribution is -2.59. The average Bonchev–Trinajstić information content (AvgIpc) is 3.29. The lowest BCUT2D eigenvalue weighted by atomic mass is 10.0. The molecule has 3 unspecified atom stereocenters. The first-order valence-electron chi connectivity index (χ1n) is 10.8. The van der Waals surface area contributed by atoms with E-state index >= 15 is 0 Å². The van der Waals surface area contributed by atoms with Crippen LogP contribution in [0.15, 0.2) is 30.0 Å². The Kier molecular flexibility index (Phi) is 5.85. The third kappa shape index (κ3) is 4.54. The molecular formula is C22H26F3N5O3. The number of likely N-dealkylation sites (tertiary alicyclic amines) is 1. The fourth-order valence-corrected chi connectivity index (χ4v) is 4.68. The first kappa shape index (κ1) is 23.1. The van der Waals surface area contributed by atoms with Crippen LogP contribution in [0.1, 0.15) is 37.4 Å². The van der Waals surface area contributed by atoms with Crippen LogP contribution < -0.4 is 10.7 Å². The molecule has 3 atom stereocenters. The number of carbonyl (C=O) groups is 3. The summed E-state index contributed by atoms with van der Waals surface area (Å²) in [6, 6.07) is 4.11. The molecule has 0 saturated carbocycles. The van der Waals surface area contributed by atoms with Crippen molar-refractivity contribution in [3.63, 3.8) is 0 Å². The van der Waals surface area contributed by atoms with Gasteiger partial charge in [0.05, 0.1) is 12.1 Å². The molecule has 0 bridgehead atoms. The van der Waals surface area contributed by atoms with Crippen molar-refractivity contribution in [2.75, 3.05) is 25.0 Å². The highest BCUT2D eigenvalue weighted by Gasteiger charge is 2.47. The van der Waals surface area contributed by atoms with Crippen LogP contribution in [0.4, 0.5) is 18.9 Å². The number of hydrogen-bond donors (Lipinski definition) is 2. The van der Waals surface area contributed by atoms with Gasteiger partial charge in [-0.15, -0.1) is 0 Å². The summed E-state index contributed by atoms with van der Waals surface area (Å²) < 4.78 is 38.3. The summed E-state index contributed by atoms with van der Waals surface area (Å²) in [4.78, 5) is 39.7. The van der Waals surface area contributed by atoms with Gasteiger partial charge in [-0.25, -0.2) is 5.43 Å². The monoisotopic (exact) mass is 465 g/mol. The Labute approximate surface area is 189 Å². The second kappa shape index (κ2) is 8.36. The highest BCUT2D eigenvalue weighted by molar-refractivity contribution is 5.98. The van der Waals surface area contributed by atoms with Gasteiger partial charge in [0, 0.05) is 25.7 Å². The number of alkyl halides is 3. The highest BCUT2D eigenvalue weighted by Crippen LogP contribution is 2.35. The minimum atomic E-state index is -4.48. The summed E-state index contributed by atoms with van der Waals surface area (Å²) in [5.74, 6) is -1.29. The van der Waals surface area contributed by atoms with E-state index in [-0.39, 0.29) is 31.5 Å². The molecule has 3 aliphatic heterocycles. The molecule has 2 saturated heterocycles. The largest absolute Gasteiger partial charge is 0.406 e. The van der Waals surface area contributed by atoms with Gasteiger partial charge in [0.1, 0.15) is 18.3 Å². The Bertz CT molecular complexity index is 1030. The van der Waals surface area contributed by atoms with Crippen LogP contribution in [0.3, 0.4) is 0 Å². The normalized spacial score (nSPS) is 25.5. The summed E-state index contributed by atoms with van der Waals surface area (Å²) >= 11 is 0. The van der Waals surface area contributed by atoms with Crippen molar-refractivity contribution in [2.45, 2.75) is 51.5 Å². The van der Waals surface area contributed by atoms with Gasteiger partial charge in [0.25, 0.3) is 5.91 Å². The Balaban J connectivity index is 1.58. The van der Waals surface area contributed by atoms with E-state index in [4.69, 9.17) is 0 Å². The van der Waals surface area contributed by atoms with Gasteiger partial charge in [0.2, 0.25) is 11.8 Å². The van der Waals surface area contributed by atoms with Crippen molar-refractivity contribution < 1.29 is 27.6 Å². The molecule has 0 radical (unpaired) electrons. The number of fused-ring (bicyclic) bond motifs is 1.